The molecule has 1 atom stereocenters. The molecule has 0 saturated heterocycles. The minimum Gasteiger partial charge on any atom is -0.302 e. The molecule has 1 unspecified atom stereocenters. The molecule has 0 aromatic rings. The van der Waals surface area contributed by atoms with Crippen LogP contribution < -0.4 is 5.32 Å². The van der Waals surface area contributed by atoms with Crippen molar-refractivity contribution in [2.75, 3.05) is 21.1 Å². The predicted molar refractivity (Wildman–Crippen MR) is 45.0 cm³/mol. The first-order chi connectivity index (χ1) is 3.81. The zero-order chi connectivity index (χ0) is 7.71. The van der Waals surface area contributed by atoms with Crippen molar-refractivity contribution in [3.8, 4) is 0 Å². The second kappa shape index (κ2) is 2.53. The Morgan fingerprint density at radius 1 is 1.33 bits per heavy atom. The molecule has 2 nitrogen and oxygen atoms in total. The van der Waals surface area contributed by atoms with Crippen LogP contribution in [0.15, 0.2) is 0 Å². The maximum atomic E-state index is 3.23. The van der Waals surface area contributed by atoms with Crippen LogP contribution in [0.25, 0.3) is 0 Å². The molecule has 0 saturated carbocycles. The lowest BCUT2D eigenvalue weighted by Crippen LogP contribution is -2.56. The maximum absolute atomic E-state index is 3.23. The van der Waals surface area contributed by atoms with Gasteiger partial charge in [0, 0.05) is 13.8 Å². The topological polar surface area (TPSA) is 12.0 Å². The first kappa shape index (κ1) is 9.35. The van der Waals surface area contributed by atoms with E-state index in [-0.39, 0.29) is 5.66 Å². The smallest absolute Gasteiger partial charge is 0.147 e. The fraction of sp³-hybridized carbons (Fsp3) is 1.00. The van der Waals surface area contributed by atoms with Gasteiger partial charge in [0.2, 0.25) is 0 Å². The van der Waals surface area contributed by atoms with Crippen LogP contribution in [0, 0.1) is 0 Å². The summed E-state index contributed by atoms with van der Waals surface area (Å²) >= 11 is 0. The summed E-state index contributed by atoms with van der Waals surface area (Å²) in [5, 5.41) is 3.23. The Morgan fingerprint density at radius 2 is 1.67 bits per heavy atom. The predicted octanol–water partition coefficient (Wildman–Crippen LogP) is 0.808. The molecule has 0 radical (unpaired) electrons. The summed E-state index contributed by atoms with van der Waals surface area (Å²) < 4.78 is 0.851. The highest BCUT2D eigenvalue weighted by molar-refractivity contribution is 7.08. The largest absolute Gasteiger partial charge is 0.302 e. The Kier molecular flexibility index (Phi) is 2.63. The monoisotopic (exact) mass is 149 g/mol. The zero-order valence-electron chi connectivity index (χ0n) is 7.02. The van der Waals surface area contributed by atoms with E-state index in [1.54, 1.807) is 0 Å². The van der Waals surface area contributed by atoms with Crippen LogP contribution >= 0.6 is 9.39 Å². The van der Waals surface area contributed by atoms with Gasteiger partial charge in [0.15, 0.2) is 0 Å². The summed E-state index contributed by atoms with van der Waals surface area (Å²) in [5.41, 5.74) is 0.130. The van der Waals surface area contributed by atoms with Crippen molar-refractivity contribution in [1.82, 2.24) is 5.32 Å². The molecule has 0 aliphatic rings. The van der Waals surface area contributed by atoms with Gasteiger partial charge in [-0.05, 0) is 7.05 Å². The van der Waals surface area contributed by atoms with Gasteiger partial charge < -0.3 is 4.25 Å². The zero-order valence-corrected chi connectivity index (χ0v) is 8.18. The Hall–Kier alpha value is 0.350. The van der Waals surface area contributed by atoms with Gasteiger partial charge in [0.05, 0.1) is 23.5 Å². The van der Waals surface area contributed by atoms with Crippen LogP contribution in [0.1, 0.15) is 13.8 Å². The Balaban J connectivity index is 4.14. The van der Waals surface area contributed by atoms with Crippen LogP contribution in [-0.2, 0) is 0 Å². The van der Waals surface area contributed by atoms with E-state index >= 15 is 0 Å². The van der Waals surface area contributed by atoms with Gasteiger partial charge in [0.1, 0.15) is 5.66 Å². The normalized spacial score (nSPS) is 14.0. The van der Waals surface area contributed by atoms with Gasteiger partial charge in [-0.3, -0.25) is 5.32 Å². The molecule has 1 N–H and O–H groups in total. The third-order valence-electron chi connectivity index (χ3n) is 2.05. The third-order valence-corrected chi connectivity index (χ3v) is 2.70. The highest BCUT2D eigenvalue weighted by atomic mass is 31.0. The van der Waals surface area contributed by atoms with Crippen molar-refractivity contribution in [3.05, 3.63) is 0 Å². The van der Waals surface area contributed by atoms with Gasteiger partial charge in [-0.25, -0.2) is 0 Å². The lowest BCUT2D eigenvalue weighted by atomic mass is 10.2. The molecule has 0 fully saturated rings. The SMILES string of the molecule is CNC(C)(C)[N+](C)(C)P. The van der Waals surface area contributed by atoms with Gasteiger partial charge in [-0.15, -0.1) is 0 Å². The lowest BCUT2D eigenvalue weighted by Gasteiger charge is -2.40. The fourth-order valence-corrected chi connectivity index (χ4v) is 0.417. The van der Waals surface area contributed by atoms with Crippen LogP contribution in [0.5, 0.6) is 0 Å². The molecule has 0 bridgehead atoms. The highest BCUT2D eigenvalue weighted by Crippen LogP contribution is 2.21. The van der Waals surface area contributed by atoms with Gasteiger partial charge in [0.25, 0.3) is 0 Å². The third kappa shape index (κ3) is 2.21. The molecule has 3 heteroatoms. The van der Waals surface area contributed by atoms with E-state index in [4.69, 9.17) is 0 Å². The van der Waals surface area contributed by atoms with Gasteiger partial charge in [-0.2, -0.15) is 0 Å². The molecular weight excluding hydrogens is 131 g/mol. The minimum absolute atomic E-state index is 0.130. The molecular formula is C6H18N2P+. The van der Waals surface area contributed by atoms with Crippen LogP contribution in [-0.4, -0.2) is 31.1 Å². The average molecular weight is 149 g/mol. The van der Waals surface area contributed by atoms with Crippen molar-refractivity contribution in [2.24, 2.45) is 0 Å². The van der Waals surface area contributed by atoms with Crippen LogP contribution in [0.4, 0.5) is 0 Å². The molecule has 0 amide bonds. The highest BCUT2D eigenvalue weighted by Gasteiger charge is 2.30. The van der Waals surface area contributed by atoms with E-state index in [0.29, 0.717) is 0 Å². The first-order valence-electron chi connectivity index (χ1n) is 3.13. The van der Waals surface area contributed by atoms with Crippen LogP contribution in [0.3, 0.4) is 0 Å². The Labute approximate surface area is 60.5 Å². The number of nitrogens with one attached hydrogen (secondary N) is 1. The fourth-order valence-electron chi connectivity index (χ4n) is 0.288. The van der Waals surface area contributed by atoms with E-state index in [9.17, 15) is 0 Å². The maximum Gasteiger partial charge on any atom is 0.147 e. The molecule has 0 aromatic heterocycles. The molecule has 56 valence electrons. The van der Waals surface area contributed by atoms with Crippen molar-refractivity contribution < 1.29 is 4.25 Å². The molecule has 0 spiro atoms. The molecule has 0 rings (SSSR count). The molecule has 0 aliphatic heterocycles. The minimum atomic E-state index is 0.130. The second-order valence-corrected chi connectivity index (χ2v) is 4.64. The van der Waals surface area contributed by atoms with Crippen molar-refractivity contribution in [1.29, 1.82) is 0 Å². The van der Waals surface area contributed by atoms with Crippen molar-refractivity contribution >= 4 is 9.39 Å². The first-order valence-corrected chi connectivity index (χ1v) is 3.64. The summed E-state index contributed by atoms with van der Waals surface area (Å²) in [6.07, 6.45) is 0. The average Bonchev–Trinajstić information content (AvgIpc) is 1.64. The van der Waals surface area contributed by atoms with E-state index < -0.39 is 0 Å². The summed E-state index contributed by atoms with van der Waals surface area (Å²) in [5.74, 6) is 0. The molecule has 9 heavy (non-hydrogen) atoms. The number of hydrogen-bond donors (Lipinski definition) is 1. The number of nitrogens with zero attached hydrogens (tertiary/aromatic N) is 1. The van der Waals surface area contributed by atoms with Gasteiger partial charge in [-0.1, -0.05) is 0 Å². The van der Waals surface area contributed by atoms with E-state index in [0.717, 1.165) is 4.25 Å². The standard InChI is InChI=1S/C6H18N2P/c1-6(2,7-3)8(4,5)9/h7H,9H2,1-5H3/q+1. The summed E-state index contributed by atoms with van der Waals surface area (Å²) in [6.45, 7) is 4.33. The van der Waals surface area contributed by atoms with Crippen molar-refractivity contribution in [3.63, 3.8) is 0 Å². The second-order valence-electron chi connectivity index (χ2n) is 3.35. The van der Waals surface area contributed by atoms with Crippen molar-refractivity contribution in [2.45, 2.75) is 19.5 Å². The summed E-state index contributed by atoms with van der Waals surface area (Å²) in [7, 11) is 9.04. The molecule has 0 heterocycles. The van der Waals surface area contributed by atoms with Gasteiger partial charge >= 0.3 is 0 Å². The molecule has 0 aromatic carbocycles. The summed E-state index contributed by atoms with van der Waals surface area (Å²) in [6, 6.07) is 0. The number of quaternary nitrogens is 1. The molecule has 0 aliphatic carbocycles. The Morgan fingerprint density at radius 3 is 1.67 bits per heavy atom. The van der Waals surface area contributed by atoms with Crippen LogP contribution in [0.2, 0.25) is 0 Å². The lowest BCUT2D eigenvalue weighted by molar-refractivity contribution is -0.816. The Bertz CT molecular complexity index is 93.7. The summed E-state index contributed by atoms with van der Waals surface area (Å²) in [4.78, 5) is 0. The number of rotatable bonds is 2. The van der Waals surface area contributed by atoms with E-state index in [1.807, 2.05) is 7.05 Å². The number of hydrogen-bond acceptors (Lipinski definition) is 1. The quantitative estimate of drug-likeness (QED) is 0.452. The van der Waals surface area contributed by atoms with E-state index in [2.05, 4.69) is 42.7 Å². The van der Waals surface area contributed by atoms with E-state index in [1.165, 1.54) is 0 Å².